The molecule has 2 saturated carbocycles. The van der Waals surface area contributed by atoms with Gasteiger partial charge >= 0.3 is 5.97 Å². The van der Waals surface area contributed by atoms with E-state index in [1.165, 1.54) is 37.4 Å². The van der Waals surface area contributed by atoms with E-state index in [4.69, 9.17) is 4.74 Å². The molecule has 5 heteroatoms. The number of thioether (sulfide) groups is 1. The number of carbonyl (C=O) groups excluding carboxylic acids is 2. The third-order valence-corrected chi connectivity index (χ3v) is 6.05. The fraction of sp³-hybridized carbons (Fsp3) is 0.875. The Hall–Kier alpha value is -0.710. The summed E-state index contributed by atoms with van der Waals surface area (Å²) < 4.78 is 4.88. The normalized spacial score (nSPS) is 30.0. The van der Waals surface area contributed by atoms with Crippen LogP contribution in [0.25, 0.3) is 0 Å². The molecular formula is C16H27NO3S. The number of rotatable bonds is 7. The molecule has 0 radical (unpaired) electrons. The number of hydrogen-bond donors (Lipinski definition) is 1. The van der Waals surface area contributed by atoms with Gasteiger partial charge in [-0.1, -0.05) is 6.42 Å². The summed E-state index contributed by atoms with van der Waals surface area (Å²) >= 11 is 1.35. The molecule has 2 rings (SSSR count). The Bertz CT molecular complexity index is 388. The molecule has 5 unspecified atom stereocenters. The molecule has 0 aromatic carbocycles. The number of amides is 1. The molecule has 4 nitrogen and oxygen atoms in total. The summed E-state index contributed by atoms with van der Waals surface area (Å²) in [6.45, 7) is 6.16. The summed E-state index contributed by atoms with van der Waals surface area (Å²) in [5.74, 6) is 2.39. The van der Waals surface area contributed by atoms with Crippen LogP contribution in [0.5, 0.6) is 0 Å². The summed E-state index contributed by atoms with van der Waals surface area (Å²) in [5.41, 5.74) is 0. The molecule has 2 bridgehead atoms. The molecule has 0 saturated heterocycles. The molecule has 0 aromatic rings. The van der Waals surface area contributed by atoms with Gasteiger partial charge < -0.3 is 10.1 Å². The van der Waals surface area contributed by atoms with E-state index < -0.39 is 0 Å². The van der Waals surface area contributed by atoms with Crippen LogP contribution in [0.1, 0.15) is 46.5 Å². The van der Waals surface area contributed by atoms with E-state index >= 15 is 0 Å². The van der Waals surface area contributed by atoms with E-state index in [9.17, 15) is 9.59 Å². The number of fused-ring (bicyclic) bond motifs is 2. The average molecular weight is 313 g/mol. The lowest BCUT2D eigenvalue weighted by Gasteiger charge is -2.29. The van der Waals surface area contributed by atoms with E-state index in [0.29, 0.717) is 12.5 Å². The van der Waals surface area contributed by atoms with Gasteiger partial charge in [-0.25, -0.2) is 0 Å². The average Bonchev–Trinajstić information content (AvgIpc) is 3.07. The standard InChI is InChI=1S/C16H27NO3S/c1-4-20-15(18)9-21-11(3)16(19)17-10(2)14-8-12-5-6-13(14)7-12/h10-14H,4-9H2,1-3H3,(H,17,19). The summed E-state index contributed by atoms with van der Waals surface area (Å²) in [4.78, 5) is 23.5. The fourth-order valence-corrected chi connectivity index (χ4v) is 4.52. The predicted octanol–water partition coefficient (Wildman–Crippen LogP) is 2.61. The number of esters is 1. The third-order valence-electron chi connectivity index (χ3n) is 4.93. The molecule has 2 fully saturated rings. The van der Waals surface area contributed by atoms with Crippen LogP contribution in [0.3, 0.4) is 0 Å². The van der Waals surface area contributed by atoms with Gasteiger partial charge in [-0.05, 0) is 57.8 Å². The summed E-state index contributed by atoms with van der Waals surface area (Å²) in [5, 5.41) is 2.94. The minimum Gasteiger partial charge on any atom is -0.465 e. The minimum absolute atomic E-state index is 0.0413. The Morgan fingerprint density at radius 3 is 2.62 bits per heavy atom. The zero-order valence-corrected chi connectivity index (χ0v) is 14.1. The van der Waals surface area contributed by atoms with Crippen molar-refractivity contribution in [2.75, 3.05) is 12.4 Å². The van der Waals surface area contributed by atoms with E-state index in [-0.39, 0.29) is 28.9 Å². The highest BCUT2D eigenvalue weighted by molar-refractivity contribution is 8.01. The first-order valence-corrected chi connectivity index (χ1v) is 9.13. The van der Waals surface area contributed by atoms with Crippen molar-refractivity contribution in [1.29, 1.82) is 0 Å². The largest absolute Gasteiger partial charge is 0.465 e. The predicted molar refractivity (Wildman–Crippen MR) is 85.1 cm³/mol. The van der Waals surface area contributed by atoms with Crippen LogP contribution in [0.4, 0.5) is 0 Å². The summed E-state index contributed by atoms with van der Waals surface area (Å²) in [6, 6.07) is 0.249. The van der Waals surface area contributed by atoms with Gasteiger partial charge in [0.2, 0.25) is 5.91 Å². The van der Waals surface area contributed by atoms with Gasteiger partial charge in [-0.2, -0.15) is 0 Å². The molecule has 2 aliphatic carbocycles. The Balaban J connectivity index is 1.71. The van der Waals surface area contributed by atoms with Crippen molar-refractivity contribution in [2.45, 2.75) is 57.7 Å². The molecule has 0 heterocycles. The van der Waals surface area contributed by atoms with Gasteiger partial charge in [0.15, 0.2) is 0 Å². The van der Waals surface area contributed by atoms with Crippen LogP contribution in [-0.2, 0) is 14.3 Å². The van der Waals surface area contributed by atoms with E-state index in [2.05, 4.69) is 12.2 Å². The summed E-state index contributed by atoms with van der Waals surface area (Å²) in [7, 11) is 0. The maximum atomic E-state index is 12.2. The van der Waals surface area contributed by atoms with E-state index in [0.717, 1.165) is 11.8 Å². The zero-order chi connectivity index (χ0) is 15.4. The first-order valence-electron chi connectivity index (χ1n) is 8.08. The molecule has 0 aromatic heterocycles. The van der Waals surface area contributed by atoms with E-state index in [1.807, 2.05) is 6.92 Å². The second-order valence-corrected chi connectivity index (χ2v) is 7.72. The van der Waals surface area contributed by atoms with Crippen LogP contribution in [-0.4, -0.2) is 35.5 Å². The van der Waals surface area contributed by atoms with Gasteiger partial charge in [0, 0.05) is 6.04 Å². The van der Waals surface area contributed by atoms with Crippen LogP contribution < -0.4 is 5.32 Å². The molecule has 21 heavy (non-hydrogen) atoms. The van der Waals surface area contributed by atoms with Crippen molar-refractivity contribution in [3.63, 3.8) is 0 Å². The molecule has 0 spiro atoms. The van der Waals surface area contributed by atoms with Crippen molar-refractivity contribution in [3.8, 4) is 0 Å². The van der Waals surface area contributed by atoms with Crippen molar-refractivity contribution < 1.29 is 14.3 Å². The molecule has 0 aliphatic heterocycles. The minimum atomic E-state index is -0.247. The van der Waals surface area contributed by atoms with Crippen molar-refractivity contribution in [3.05, 3.63) is 0 Å². The number of carbonyl (C=O) groups is 2. The quantitative estimate of drug-likeness (QED) is 0.734. The Labute approximate surface area is 131 Å². The van der Waals surface area contributed by atoms with Crippen molar-refractivity contribution >= 4 is 23.6 Å². The molecular weight excluding hydrogens is 286 g/mol. The first-order chi connectivity index (χ1) is 10.0. The van der Waals surface area contributed by atoms with Gasteiger partial charge in [0.25, 0.3) is 0 Å². The Morgan fingerprint density at radius 1 is 1.29 bits per heavy atom. The van der Waals surface area contributed by atoms with Crippen LogP contribution in [0.2, 0.25) is 0 Å². The number of nitrogens with one attached hydrogen (secondary N) is 1. The SMILES string of the molecule is CCOC(=O)CSC(C)C(=O)NC(C)C1CC2CCC1C2. The highest BCUT2D eigenvalue weighted by Crippen LogP contribution is 2.49. The lowest BCUT2D eigenvalue weighted by molar-refractivity contribution is -0.139. The third kappa shape index (κ3) is 4.38. The number of ether oxygens (including phenoxy) is 1. The highest BCUT2D eigenvalue weighted by atomic mass is 32.2. The smallest absolute Gasteiger partial charge is 0.315 e. The van der Waals surface area contributed by atoms with E-state index in [1.54, 1.807) is 6.92 Å². The van der Waals surface area contributed by atoms with Gasteiger partial charge in [0.1, 0.15) is 0 Å². The second kappa shape index (κ2) is 7.52. The molecule has 1 amide bonds. The molecule has 1 N–H and O–H groups in total. The van der Waals surface area contributed by atoms with Crippen molar-refractivity contribution in [2.24, 2.45) is 17.8 Å². The number of hydrogen-bond acceptors (Lipinski definition) is 4. The fourth-order valence-electron chi connectivity index (χ4n) is 3.83. The monoisotopic (exact) mass is 313 g/mol. The van der Waals surface area contributed by atoms with Gasteiger partial charge in [-0.3, -0.25) is 9.59 Å². The topological polar surface area (TPSA) is 55.4 Å². The maximum absolute atomic E-state index is 12.2. The lowest BCUT2D eigenvalue weighted by Crippen LogP contribution is -2.43. The molecule has 2 aliphatic rings. The van der Waals surface area contributed by atoms with Crippen LogP contribution >= 0.6 is 11.8 Å². The highest BCUT2D eigenvalue weighted by Gasteiger charge is 2.42. The van der Waals surface area contributed by atoms with Gasteiger partial charge in [0.05, 0.1) is 17.6 Å². The van der Waals surface area contributed by atoms with Crippen LogP contribution in [0, 0.1) is 17.8 Å². The second-order valence-electron chi connectivity index (χ2n) is 6.39. The Morgan fingerprint density at radius 2 is 2.05 bits per heavy atom. The Kier molecular flexibility index (Phi) is 5.97. The first kappa shape index (κ1) is 16.7. The summed E-state index contributed by atoms with van der Waals surface area (Å²) in [6.07, 6.45) is 5.35. The van der Waals surface area contributed by atoms with Crippen LogP contribution in [0.15, 0.2) is 0 Å². The molecule has 5 atom stereocenters. The van der Waals surface area contributed by atoms with Gasteiger partial charge in [-0.15, -0.1) is 11.8 Å². The van der Waals surface area contributed by atoms with Crippen molar-refractivity contribution in [1.82, 2.24) is 5.32 Å². The lowest BCUT2D eigenvalue weighted by atomic mass is 9.84. The maximum Gasteiger partial charge on any atom is 0.315 e. The zero-order valence-electron chi connectivity index (χ0n) is 13.3. The molecule has 120 valence electrons.